The number of aromatic amines is 1. The molecule has 4 nitrogen and oxygen atoms in total. The molecule has 2 aromatic heterocycles. The standard InChI is InChI=1S/C10H7N3O/c1-2-10-9(11-6-14-10)3-7(1)8-4-12-13-5-8/h1-6H,(H,12,13). The molecule has 0 atom stereocenters. The van der Waals surface area contributed by atoms with E-state index < -0.39 is 0 Å². The molecule has 0 fully saturated rings. The van der Waals surface area contributed by atoms with E-state index in [-0.39, 0.29) is 0 Å². The van der Waals surface area contributed by atoms with Crippen molar-refractivity contribution < 1.29 is 4.42 Å². The van der Waals surface area contributed by atoms with E-state index in [2.05, 4.69) is 15.2 Å². The lowest BCUT2D eigenvalue weighted by Crippen LogP contribution is -1.74. The predicted molar refractivity (Wildman–Crippen MR) is 51.6 cm³/mol. The summed E-state index contributed by atoms with van der Waals surface area (Å²) in [6.07, 6.45) is 5.08. The van der Waals surface area contributed by atoms with Gasteiger partial charge in [-0.1, -0.05) is 6.07 Å². The SMILES string of the molecule is c1nc2cc(-c3cn[nH]c3)ccc2o1. The van der Waals surface area contributed by atoms with E-state index in [1.165, 1.54) is 6.39 Å². The molecule has 0 amide bonds. The minimum atomic E-state index is 0.803. The lowest BCUT2D eigenvalue weighted by Gasteiger charge is -1.94. The van der Waals surface area contributed by atoms with Crippen LogP contribution in [0.15, 0.2) is 41.4 Å². The van der Waals surface area contributed by atoms with Gasteiger partial charge in [0.2, 0.25) is 0 Å². The number of hydrogen-bond donors (Lipinski definition) is 1. The van der Waals surface area contributed by atoms with Crippen LogP contribution in [0.25, 0.3) is 22.2 Å². The second-order valence-electron chi connectivity index (χ2n) is 3.02. The summed E-state index contributed by atoms with van der Waals surface area (Å²) < 4.78 is 5.16. The Hall–Kier alpha value is -2.10. The molecule has 0 bridgehead atoms. The lowest BCUT2D eigenvalue weighted by atomic mass is 10.1. The van der Waals surface area contributed by atoms with Crippen molar-refractivity contribution in [1.29, 1.82) is 0 Å². The molecule has 0 aliphatic heterocycles. The van der Waals surface area contributed by atoms with Crippen LogP contribution in [0.1, 0.15) is 0 Å². The van der Waals surface area contributed by atoms with Crippen LogP contribution in [0.4, 0.5) is 0 Å². The number of benzene rings is 1. The third-order valence-corrected chi connectivity index (χ3v) is 2.16. The summed E-state index contributed by atoms with van der Waals surface area (Å²) >= 11 is 0. The molecular formula is C10H7N3O. The van der Waals surface area contributed by atoms with E-state index >= 15 is 0 Å². The van der Waals surface area contributed by atoms with Gasteiger partial charge in [0.1, 0.15) is 5.52 Å². The number of oxazole rings is 1. The molecule has 3 rings (SSSR count). The Kier molecular flexibility index (Phi) is 1.41. The molecule has 4 heteroatoms. The fourth-order valence-corrected chi connectivity index (χ4v) is 1.45. The monoisotopic (exact) mass is 185 g/mol. The van der Waals surface area contributed by atoms with Crippen LogP contribution in [0, 0.1) is 0 Å². The number of nitrogens with one attached hydrogen (secondary N) is 1. The van der Waals surface area contributed by atoms with Gasteiger partial charge in [-0.15, -0.1) is 0 Å². The van der Waals surface area contributed by atoms with Crippen molar-refractivity contribution >= 4 is 11.1 Å². The third-order valence-electron chi connectivity index (χ3n) is 2.16. The van der Waals surface area contributed by atoms with E-state index in [4.69, 9.17) is 4.42 Å². The van der Waals surface area contributed by atoms with E-state index in [0.717, 1.165) is 22.2 Å². The van der Waals surface area contributed by atoms with Crippen LogP contribution < -0.4 is 0 Å². The van der Waals surface area contributed by atoms with E-state index in [0.29, 0.717) is 0 Å². The fraction of sp³-hybridized carbons (Fsp3) is 0. The molecule has 1 aromatic carbocycles. The first kappa shape index (κ1) is 7.32. The van der Waals surface area contributed by atoms with Gasteiger partial charge in [0, 0.05) is 11.8 Å². The molecule has 0 radical (unpaired) electrons. The summed E-state index contributed by atoms with van der Waals surface area (Å²) in [5.41, 5.74) is 3.80. The summed E-state index contributed by atoms with van der Waals surface area (Å²) in [5, 5.41) is 6.67. The number of fused-ring (bicyclic) bond motifs is 1. The Balaban J connectivity index is 2.23. The van der Waals surface area contributed by atoms with Crippen molar-refractivity contribution in [2.24, 2.45) is 0 Å². The minimum Gasteiger partial charge on any atom is -0.443 e. The molecule has 0 saturated heterocycles. The molecule has 0 aliphatic carbocycles. The first-order chi connectivity index (χ1) is 6.93. The number of H-pyrrole nitrogens is 1. The number of hydrogen-bond acceptors (Lipinski definition) is 3. The average Bonchev–Trinajstić information content (AvgIpc) is 2.88. The van der Waals surface area contributed by atoms with Crippen molar-refractivity contribution in [3.8, 4) is 11.1 Å². The number of rotatable bonds is 1. The smallest absolute Gasteiger partial charge is 0.181 e. The highest BCUT2D eigenvalue weighted by atomic mass is 16.3. The van der Waals surface area contributed by atoms with Crippen LogP contribution in [-0.4, -0.2) is 15.2 Å². The zero-order chi connectivity index (χ0) is 9.38. The molecule has 0 unspecified atom stereocenters. The second kappa shape index (κ2) is 2.70. The van der Waals surface area contributed by atoms with Gasteiger partial charge in [0.15, 0.2) is 12.0 Å². The van der Waals surface area contributed by atoms with Crippen molar-refractivity contribution in [2.75, 3.05) is 0 Å². The van der Waals surface area contributed by atoms with Crippen LogP contribution in [0.3, 0.4) is 0 Å². The minimum absolute atomic E-state index is 0.803. The maximum atomic E-state index is 5.16. The normalized spacial score (nSPS) is 10.9. The fourth-order valence-electron chi connectivity index (χ4n) is 1.45. The molecule has 0 saturated carbocycles. The van der Waals surface area contributed by atoms with Crippen molar-refractivity contribution in [1.82, 2.24) is 15.2 Å². The number of aromatic nitrogens is 3. The Bertz CT molecular complexity index is 554. The van der Waals surface area contributed by atoms with Crippen LogP contribution >= 0.6 is 0 Å². The molecular weight excluding hydrogens is 178 g/mol. The topological polar surface area (TPSA) is 54.7 Å². The molecule has 14 heavy (non-hydrogen) atoms. The maximum Gasteiger partial charge on any atom is 0.181 e. The van der Waals surface area contributed by atoms with Crippen LogP contribution in [0.2, 0.25) is 0 Å². The molecule has 0 aliphatic rings. The average molecular weight is 185 g/mol. The first-order valence-corrected chi connectivity index (χ1v) is 4.26. The molecule has 68 valence electrons. The highest BCUT2D eigenvalue weighted by molar-refractivity contribution is 5.79. The van der Waals surface area contributed by atoms with Crippen LogP contribution in [-0.2, 0) is 0 Å². The van der Waals surface area contributed by atoms with Gasteiger partial charge in [-0.05, 0) is 17.7 Å². The molecule has 1 N–H and O–H groups in total. The highest BCUT2D eigenvalue weighted by Gasteiger charge is 2.02. The maximum absolute atomic E-state index is 5.16. The van der Waals surface area contributed by atoms with Gasteiger partial charge in [-0.25, -0.2) is 4.98 Å². The quantitative estimate of drug-likeness (QED) is 0.632. The van der Waals surface area contributed by atoms with Crippen molar-refractivity contribution in [3.05, 3.63) is 37.0 Å². The second-order valence-corrected chi connectivity index (χ2v) is 3.02. The zero-order valence-electron chi connectivity index (χ0n) is 7.27. The summed E-state index contributed by atoms with van der Waals surface area (Å²) in [7, 11) is 0. The summed E-state index contributed by atoms with van der Waals surface area (Å²) in [5.74, 6) is 0. The molecule has 0 spiro atoms. The summed E-state index contributed by atoms with van der Waals surface area (Å²) in [6, 6.07) is 5.87. The van der Waals surface area contributed by atoms with Gasteiger partial charge in [-0.2, -0.15) is 5.10 Å². The van der Waals surface area contributed by atoms with Gasteiger partial charge in [-0.3, -0.25) is 5.10 Å². The van der Waals surface area contributed by atoms with E-state index in [9.17, 15) is 0 Å². The predicted octanol–water partition coefficient (Wildman–Crippen LogP) is 2.22. The van der Waals surface area contributed by atoms with Gasteiger partial charge < -0.3 is 4.42 Å². The van der Waals surface area contributed by atoms with Gasteiger partial charge >= 0.3 is 0 Å². The first-order valence-electron chi connectivity index (χ1n) is 4.26. The Labute approximate surface area is 79.6 Å². The summed E-state index contributed by atoms with van der Waals surface area (Å²) in [4.78, 5) is 4.09. The van der Waals surface area contributed by atoms with Crippen molar-refractivity contribution in [3.63, 3.8) is 0 Å². The lowest BCUT2D eigenvalue weighted by molar-refractivity contribution is 0.602. The van der Waals surface area contributed by atoms with Gasteiger partial charge in [0.05, 0.1) is 6.20 Å². The number of nitrogens with zero attached hydrogens (tertiary/aromatic N) is 2. The highest BCUT2D eigenvalue weighted by Crippen LogP contribution is 2.22. The third kappa shape index (κ3) is 1.01. The Morgan fingerprint density at radius 3 is 3.07 bits per heavy atom. The van der Waals surface area contributed by atoms with Gasteiger partial charge in [0.25, 0.3) is 0 Å². The van der Waals surface area contributed by atoms with Crippen molar-refractivity contribution in [2.45, 2.75) is 0 Å². The zero-order valence-corrected chi connectivity index (χ0v) is 7.27. The van der Waals surface area contributed by atoms with E-state index in [1.54, 1.807) is 6.20 Å². The molecule has 2 heterocycles. The van der Waals surface area contributed by atoms with Crippen LogP contribution in [0.5, 0.6) is 0 Å². The largest absolute Gasteiger partial charge is 0.443 e. The molecule has 3 aromatic rings. The Morgan fingerprint density at radius 2 is 2.21 bits per heavy atom. The van der Waals surface area contributed by atoms with E-state index in [1.807, 2.05) is 24.4 Å². The Morgan fingerprint density at radius 1 is 1.21 bits per heavy atom. The summed E-state index contributed by atoms with van der Waals surface area (Å²) in [6.45, 7) is 0.